The van der Waals surface area contributed by atoms with Crippen molar-refractivity contribution in [3.63, 3.8) is 0 Å². The summed E-state index contributed by atoms with van der Waals surface area (Å²) in [6.07, 6.45) is 2.18. The van der Waals surface area contributed by atoms with E-state index in [2.05, 4.69) is 17.4 Å². The lowest BCUT2D eigenvalue weighted by Crippen LogP contribution is -2.51. The van der Waals surface area contributed by atoms with Crippen LogP contribution in [0.15, 0.2) is 30.3 Å². The van der Waals surface area contributed by atoms with Gasteiger partial charge in [-0.25, -0.2) is 0 Å². The number of aliphatic carboxylic acids is 1. The molecule has 4 heteroatoms. The Bertz CT molecular complexity index is 393. The molecule has 1 aromatic rings. The van der Waals surface area contributed by atoms with E-state index in [9.17, 15) is 9.90 Å². The third-order valence-electron chi connectivity index (χ3n) is 3.42. The zero-order valence-corrected chi connectivity index (χ0v) is 10.2. The van der Waals surface area contributed by atoms with E-state index in [0.717, 1.165) is 12.8 Å². The van der Waals surface area contributed by atoms with Crippen LogP contribution in [0.2, 0.25) is 0 Å². The smallest absolute Gasteiger partial charge is 0.320 e. The average Bonchev–Trinajstić information content (AvgIpc) is 2.37. The molecule has 3 atom stereocenters. The van der Waals surface area contributed by atoms with E-state index in [1.54, 1.807) is 0 Å². The second-order valence-electron chi connectivity index (χ2n) is 4.90. The summed E-state index contributed by atoms with van der Waals surface area (Å²) >= 11 is 0. The van der Waals surface area contributed by atoms with Crippen molar-refractivity contribution in [1.29, 1.82) is 0 Å². The van der Waals surface area contributed by atoms with Gasteiger partial charge in [0.15, 0.2) is 0 Å². The van der Waals surface area contributed by atoms with Gasteiger partial charge in [0.1, 0.15) is 6.04 Å². The quantitative estimate of drug-likeness (QED) is 0.749. The molecule has 1 heterocycles. The number of hydrogen-bond acceptors (Lipinski definition) is 3. The highest BCUT2D eigenvalue weighted by Crippen LogP contribution is 2.18. The number of aryl methyl sites for hydroxylation is 1. The third kappa shape index (κ3) is 3.55. The summed E-state index contributed by atoms with van der Waals surface area (Å²) in [5, 5.41) is 21.8. The monoisotopic (exact) mass is 249 g/mol. The first-order chi connectivity index (χ1) is 8.65. The van der Waals surface area contributed by atoms with Gasteiger partial charge in [-0.05, 0) is 31.2 Å². The van der Waals surface area contributed by atoms with Gasteiger partial charge in [0.2, 0.25) is 0 Å². The highest BCUT2D eigenvalue weighted by atomic mass is 16.4. The molecule has 1 aromatic carbocycles. The third-order valence-corrected chi connectivity index (χ3v) is 3.42. The number of hydrogen-bond donors (Lipinski definition) is 3. The average molecular weight is 249 g/mol. The van der Waals surface area contributed by atoms with Gasteiger partial charge < -0.3 is 15.5 Å². The number of piperidine rings is 1. The number of aliphatic hydroxyl groups is 1. The number of carboxylic acid groups (broad SMARTS) is 1. The first-order valence-electron chi connectivity index (χ1n) is 6.36. The molecule has 0 spiro atoms. The summed E-state index contributed by atoms with van der Waals surface area (Å²) < 4.78 is 0. The molecule has 0 radical (unpaired) electrons. The summed E-state index contributed by atoms with van der Waals surface area (Å²) in [6, 6.07) is 9.57. The topological polar surface area (TPSA) is 69.6 Å². The molecule has 3 N–H and O–H groups in total. The van der Waals surface area contributed by atoms with Crippen molar-refractivity contribution in [2.75, 3.05) is 0 Å². The van der Waals surface area contributed by atoms with E-state index in [1.165, 1.54) is 5.56 Å². The van der Waals surface area contributed by atoms with E-state index < -0.39 is 18.1 Å². The first-order valence-corrected chi connectivity index (χ1v) is 6.36. The fraction of sp³-hybridized carbons (Fsp3) is 0.500. The Kier molecular flexibility index (Phi) is 4.33. The standard InChI is InChI=1S/C14H19NO3/c16-12-8-11(15-13(9-12)14(17)18)7-6-10-4-2-1-3-5-10/h1-5,11-13,15-16H,6-9H2,(H,17,18)/t11-,12+,13-/m0/s1. The van der Waals surface area contributed by atoms with Crippen LogP contribution >= 0.6 is 0 Å². The van der Waals surface area contributed by atoms with Crippen LogP contribution in [-0.4, -0.2) is 34.4 Å². The second kappa shape index (κ2) is 5.98. The normalized spacial score (nSPS) is 27.9. The van der Waals surface area contributed by atoms with Crippen LogP contribution in [0.1, 0.15) is 24.8 Å². The van der Waals surface area contributed by atoms with Crippen molar-refractivity contribution in [3.8, 4) is 0 Å². The summed E-state index contributed by atoms with van der Waals surface area (Å²) in [5.74, 6) is -0.876. The number of benzene rings is 1. The number of aliphatic hydroxyl groups excluding tert-OH is 1. The fourth-order valence-electron chi connectivity index (χ4n) is 2.48. The Morgan fingerprint density at radius 1 is 1.28 bits per heavy atom. The van der Waals surface area contributed by atoms with Gasteiger partial charge in [-0.2, -0.15) is 0 Å². The van der Waals surface area contributed by atoms with E-state index >= 15 is 0 Å². The molecule has 0 amide bonds. The maximum Gasteiger partial charge on any atom is 0.320 e. The number of carboxylic acids is 1. The molecule has 2 rings (SSSR count). The second-order valence-corrected chi connectivity index (χ2v) is 4.90. The molecule has 0 bridgehead atoms. The maximum absolute atomic E-state index is 10.9. The minimum atomic E-state index is -0.876. The van der Waals surface area contributed by atoms with Crippen molar-refractivity contribution in [1.82, 2.24) is 5.32 Å². The Balaban J connectivity index is 1.87. The molecule has 1 saturated heterocycles. The van der Waals surface area contributed by atoms with Gasteiger partial charge in [-0.3, -0.25) is 4.79 Å². The van der Waals surface area contributed by atoms with Crippen molar-refractivity contribution >= 4 is 5.97 Å². The van der Waals surface area contributed by atoms with Crippen LogP contribution < -0.4 is 5.32 Å². The number of rotatable bonds is 4. The first kappa shape index (κ1) is 13.1. The predicted octanol–water partition coefficient (Wildman–Crippen LogP) is 1.19. The molecule has 0 unspecified atom stereocenters. The Morgan fingerprint density at radius 3 is 2.67 bits per heavy atom. The SMILES string of the molecule is O=C(O)[C@@H]1C[C@H](O)C[C@H](CCc2ccccc2)N1. The lowest BCUT2D eigenvalue weighted by Gasteiger charge is -2.32. The molecule has 1 aliphatic heterocycles. The van der Waals surface area contributed by atoms with Gasteiger partial charge in [0, 0.05) is 6.04 Å². The molecular formula is C14H19NO3. The molecule has 0 saturated carbocycles. The largest absolute Gasteiger partial charge is 0.480 e. The minimum absolute atomic E-state index is 0.0788. The lowest BCUT2D eigenvalue weighted by molar-refractivity contribution is -0.141. The van der Waals surface area contributed by atoms with Gasteiger partial charge in [0.25, 0.3) is 0 Å². The molecule has 0 aromatic heterocycles. The van der Waals surface area contributed by atoms with Gasteiger partial charge in [-0.1, -0.05) is 30.3 Å². The van der Waals surface area contributed by atoms with Crippen LogP contribution in [0.5, 0.6) is 0 Å². The Morgan fingerprint density at radius 2 is 2.00 bits per heavy atom. The molecule has 1 aliphatic rings. The predicted molar refractivity (Wildman–Crippen MR) is 68.4 cm³/mol. The van der Waals surface area contributed by atoms with Crippen LogP contribution in [0.4, 0.5) is 0 Å². The van der Waals surface area contributed by atoms with Gasteiger partial charge in [0.05, 0.1) is 6.10 Å². The van der Waals surface area contributed by atoms with Crippen molar-refractivity contribution < 1.29 is 15.0 Å². The van der Waals surface area contributed by atoms with Gasteiger partial charge in [-0.15, -0.1) is 0 Å². The summed E-state index contributed by atoms with van der Waals surface area (Å²) in [4.78, 5) is 10.9. The Hall–Kier alpha value is -1.39. The maximum atomic E-state index is 10.9. The highest BCUT2D eigenvalue weighted by Gasteiger charge is 2.30. The van der Waals surface area contributed by atoms with E-state index in [4.69, 9.17) is 5.11 Å². The minimum Gasteiger partial charge on any atom is -0.480 e. The van der Waals surface area contributed by atoms with Gasteiger partial charge >= 0.3 is 5.97 Å². The lowest BCUT2D eigenvalue weighted by atomic mass is 9.92. The van der Waals surface area contributed by atoms with Crippen LogP contribution in [0.3, 0.4) is 0 Å². The van der Waals surface area contributed by atoms with Crippen molar-refractivity contribution in [2.24, 2.45) is 0 Å². The van der Waals surface area contributed by atoms with E-state index in [-0.39, 0.29) is 6.04 Å². The van der Waals surface area contributed by atoms with Crippen molar-refractivity contribution in [2.45, 2.75) is 43.9 Å². The van der Waals surface area contributed by atoms with Crippen LogP contribution in [0, 0.1) is 0 Å². The van der Waals surface area contributed by atoms with Crippen molar-refractivity contribution in [3.05, 3.63) is 35.9 Å². The van der Waals surface area contributed by atoms with E-state index in [0.29, 0.717) is 12.8 Å². The van der Waals surface area contributed by atoms with Crippen LogP contribution in [0.25, 0.3) is 0 Å². The number of carbonyl (C=O) groups is 1. The summed E-state index contributed by atoms with van der Waals surface area (Å²) in [6.45, 7) is 0. The van der Waals surface area contributed by atoms with E-state index in [1.807, 2.05) is 18.2 Å². The molecular weight excluding hydrogens is 230 g/mol. The fourth-order valence-corrected chi connectivity index (χ4v) is 2.48. The molecule has 1 fully saturated rings. The highest BCUT2D eigenvalue weighted by molar-refractivity contribution is 5.73. The zero-order chi connectivity index (χ0) is 13.0. The molecule has 0 aliphatic carbocycles. The summed E-state index contributed by atoms with van der Waals surface area (Å²) in [7, 11) is 0. The Labute approximate surface area is 107 Å². The van der Waals surface area contributed by atoms with Crippen LogP contribution in [-0.2, 0) is 11.2 Å². The summed E-state index contributed by atoms with van der Waals surface area (Å²) in [5.41, 5.74) is 1.24. The molecule has 4 nitrogen and oxygen atoms in total. The number of nitrogens with one attached hydrogen (secondary N) is 1. The molecule has 98 valence electrons. The zero-order valence-electron chi connectivity index (χ0n) is 10.2. The molecule has 18 heavy (non-hydrogen) atoms.